The Bertz CT molecular complexity index is 124. The molecule has 0 amide bonds. The minimum atomic E-state index is -0.213. The zero-order valence-corrected chi connectivity index (χ0v) is 9.30. The first-order valence-electron chi connectivity index (χ1n) is 4.59. The van der Waals surface area contributed by atoms with Crippen LogP contribution in [0.1, 0.15) is 27.7 Å². The van der Waals surface area contributed by atoms with Crippen molar-refractivity contribution in [2.24, 2.45) is 0 Å². The Hall–Kier alpha value is -0.600. The summed E-state index contributed by atoms with van der Waals surface area (Å²) in [6, 6.07) is 0. The van der Waals surface area contributed by atoms with Gasteiger partial charge in [-0.25, -0.2) is 0 Å². The molecule has 0 aliphatic rings. The average molecular weight is 186 g/mol. The van der Waals surface area contributed by atoms with Crippen molar-refractivity contribution in [3.63, 3.8) is 0 Å². The van der Waals surface area contributed by atoms with Gasteiger partial charge in [0.05, 0.1) is 0 Å². The van der Waals surface area contributed by atoms with E-state index < -0.39 is 0 Å². The van der Waals surface area contributed by atoms with Gasteiger partial charge in [0, 0.05) is 13.2 Å². The molecule has 0 rings (SSSR count). The van der Waals surface area contributed by atoms with E-state index in [0.717, 1.165) is 5.57 Å². The Morgan fingerprint density at radius 1 is 1.31 bits per heavy atom. The molecule has 0 radical (unpaired) electrons. The van der Waals surface area contributed by atoms with Crippen molar-refractivity contribution >= 4 is 0 Å². The summed E-state index contributed by atoms with van der Waals surface area (Å²) in [5, 5.41) is 0. The van der Waals surface area contributed by atoms with Crippen molar-refractivity contribution in [2.45, 2.75) is 34.0 Å². The van der Waals surface area contributed by atoms with Crippen LogP contribution in [0.3, 0.4) is 0 Å². The second kappa shape index (κ2) is 11.4. The van der Waals surface area contributed by atoms with Crippen LogP contribution in [0.25, 0.3) is 0 Å². The molecule has 0 saturated carbocycles. The van der Waals surface area contributed by atoms with E-state index in [-0.39, 0.29) is 6.29 Å². The summed E-state index contributed by atoms with van der Waals surface area (Å²) in [6.07, 6.45) is 1.54. The SMILES string of the molecule is C=C(C)C(OCC)OCC.C=CC. The molecule has 0 spiro atoms. The molecule has 0 heterocycles. The van der Waals surface area contributed by atoms with Gasteiger partial charge in [-0.05, 0) is 33.3 Å². The minimum absolute atomic E-state index is 0.213. The highest BCUT2D eigenvalue weighted by Crippen LogP contribution is 2.04. The van der Waals surface area contributed by atoms with E-state index in [9.17, 15) is 0 Å². The van der Waals surface area contributed by atoms with Gasteiger partial charge in [0.2, 0.25) is 0 Å². The third-order valence-electron chi connectivity index (χ3n) is 1.04. The van der Waals surface area contributed by atoms with Crippen LogP contribution in [0, 0.1) is 0 Å². The Balaban J connectivity index is 0. The van der Waals surface area contributed by atoms with E-state index in [1.54, 1.807) is 6.08 Å². The molecule has 2 nitrogen and oxygen atoms in total. The quantitative estimate of drug-likeness (QED) is 0.485. The van der Waals surface area contributed by atoms with Crippen molar-refractivity contribution in [1.82, 2.24) is 0 Å². The van der Waals surface area contributed by atoms with E-state index >= 15 is 0 Å². The maximum absolute atomic E-state index is 5.22. The van der Waals surface area contributed by atoms with Crippen LogP contribution < -0.4 is 0 Å². The molecule has 0 aliphatic carbocycles. The van der Waals surface area contributed by atoms with Crippen molar-refractivity contribution in [3.05, 3.63) is 24.8 Å². The van der Waals surface area contributed by atoms with Crippen LogP contribution in [0.4, 0.5) is 0 Å². The van der Waals surface area contributed by atoms with Gasteiger partial charge in [-0.2, -0.15) is 0 Å². The lowest BCUT2D eigenvalue weighted by Crippen LogP contribution is -2.17. The van der Waals surface area contributed by atoms with Gasteiger partial charge in [-0.3, -0.25) is 0 Å². The molecule has 0 bridgehead atoms. The Morgan fingerprint density at radius 2 is 1.62 bits per heavy atom. The van der Waals surface area contributed by atoms with Crippen molar-refractivity contribution in [3.8, 4) is 0 Å². The highest BCUT2D eigenvalue weighted by Gasteiger charge is 2.06. The van der Waals surface area contributed by atoms with Crippen LogP contribution in [0.2, 0.25) is 0 Å². The average Bonchev–Trinajstić information content (AvgIpc) is 2.05. The Morgan fingerprint density at radius 3 is 1.77 bits per heavy atom. The predicted octanol–water partition coefficient (Wildman–Crippen LogP) is 3.15. The molecular weight excluding hydrogens is 164 g/mol. The zero-order chi connectivity index (χ0) is 10.7. The molecule has 2 heteroatoms. The van der Waals surface area contributed by atoms with Gasteiger partial charge in [-0.15, -0.1) is 6.58 Å². The molecule has 0 aliphatic heterocycles. The molecule has 0 saturated heterocycles. The predicted molar refractivity (Wildman–Crippen MR) is 57.7 cm³/mol. The molecule has 13 heavy (non-hydrogen) atoms. The molecule has 0 N–H and O–H groups in total. The van der Waals surface area contributed by atoms with E-state index in [0.29, 0.717) is 13.2 Å². The number of hydrogen-bond acceptors (Lipinski definition) is 2. The molecule has 0 aromatic heterocycles. The van der Waals surface area contributed by atoms with Gasteiger partial charge in [0.15, 0.2) is 6.29 Å². The fourth-order valence-corrected chi connectivity index (χ4v) is 0.635. The minimum Gasteiger partial charge on any atom is -0.349 e. The van der Waals surface area contributed by atoms with E-state index in [4.69, 9.17) is 9.47 Å². The first-order valence-corrected chi connectivity index (χ1v) is 4.59. The van der Waals surface area contributed by atoms with Crippen LogP contribution in [-0.4, -0.2) is 19.5 Å². The molecule has 0 unspecified atom stereocenters. The maximum Gasteiger partial charge on any atom is 0.179 e. The number of hydrogen-bond donors (Lipinski definition) is 0. The highest BCUT2D eigenvalue weighted by molar-refractivity contribution is 4.92. The first-order chi connectivity index (χ1) is 6.13. The smallest absolute Gasteiger partial charge is 0.179 e. The first kappa shape index (κ1) is 14.9. The zero-order valence-electron chi connectivity index (χ0n) is 9.30. The molecule has 78 valence electrons. The largest absolute Gasteiger partial charge is 0.349 e. The van der Waals surface area contributed by atoms with Crippen LogP contribution in [0.5, 0.6) is 0 Å². The normalized spacial score (nSPS) is 9.00. The maximum atomic E-state index is 5.22. The summed E-state index contributed by atoms with van der Waals surface area (Å²) in [6.45, 7) is 16.1. The van der Waals surface area contributed by atoms with Gasteiger partial charge in [0.1, 0.15) is 0 Å². The van der Waals surface area contributed by atoms with Crippen LogP contribution in [-0.2, 0) is 9.47 Å². The summed E-state index contributed by atoms with van der Waals surface area (Å²) in [4.78, 5) is 0. The molecule has 0 aromatic carbocycles. The summed E-state index contributed by atoms with van der Waals surface area (Å²) in [7, 11) is 0. The topological polar surface area (TPSA) is 18.5 Å². The molecule has 0 atom stereocenters. The van der Waals surface area contributed by atoms with E-state index in [1.165, 1.54) is 0 Å². The lowest BCUT2D eigenvalue weighted by molar-refractivity contribution is -0.110. The van der Waals surface area contributed by atoms with Crippen LogP contribution in [0.15, 0.2) is 24.8 Å². The Labute approximate surface area is 82.2 Å². The second-order valence-corrected chi connectivity index (χ2v) is 2.50. The highest BCUT2D eigenvalue weighted by atomic mass is 16.7. The molecular formula is C11H22O2. The number of allylic oxidation sites excluding steroid dienone is 1. The van der Waals surface area contributed by atoms with E-state index in [1.807, 2.05) is 27.7 Å². The van der Waals surface area contributed by atoms with Crippen molar-refractivity contribution in [2.75, 3.05) is 13.2 Å². The summed E-state index contributed by atoms with van der Waals surface area (Å²) >= 11 is 0. The lowest BCUT2D eigenvalue weighted by Gasteiger charge is -2.15. The van der Waals surface area contributed by atoms with Crippen LogP contribution >= 0.6 is 0 Å². The lowest BCUT2D eigenvalue weighted by atomic mass is 10.3. The Kier molecular flexibility index (Phi) is 13.1. The fourth-order valence-electron chi connectivity index (χ4n) is 0.635. The van der Waals surface area contributed by atoms with Gasteiger partial charge < -0.3 is 9.47 Å². The molecule has 0 fully saturated rings. The monoisotopic (exact) mass is 186 g/mol. The van der Waals surface area contributed by atoms with Crippen molar-refractivity contribution in [1.29, 1.82) is 0 Å². The van der Waals surface area contributed by atoms with E-state index in [2.05, 4.69) is 13.2 Å². The van der Waals surface area contributed by atoms with Crippen molar-refractivity contribution < 1.29 is 9.47 Å². The fraction of sp³-hybridized carbons (Fsp3) is 0.636. The number of rotatable bonds is 5. The van der Waals surface area contributed by atoms with Gasteiger partial charge in [0.25, 0.3) is 0 Å². The molecule has 0 aromatic rings. The summed E-state index contributed by atoms with van der Waals surface area (Å²) in [5.41, 5.74) is 0.920. The number of ether oxygens (including phenoxy) is 2. The third kappa shape index (κ3) is 11.4. The summed E-state index contributed by atoms with van der Waals surface area (Å²) in [5.74, 6) is 0. The summed E-state index contributed by atoms with van der Waals surface area (Å²) < 4.78 is 10.4. The third-order valence-corrected chi connectivity index (χ3v) is 1.04. The second-order valence-electron chi connectivity index (χ2n) is 2.50. The van der Waals surface area contributed by atoms with Gasteiger partial charge in [-0.1, -0.05) is 12.7 Å². The standard InChI is InChI=1S/C8H16O2.C3H6/c1-5-9-8(7(3)4)10-6-2;1-3-2/h8H,3,5-6H2,1-2,4H3;3H,1H2,2H3. The van der Waals surface area contributed by atoms with Gasteiger partial charge >= 0.3 is 0 Å².